The minimum atomic E-state index is -0.131. The molecule has 0 fully saturated rings. The summed E-state index contributed by atoms with van der Waals surface area (Å²) in [6.45, 7) is 8.42. The van der Waals surface area contributed by atoms with E-state index in [2.05, 4.69) is 84.9 Å². The zero-order valence-corrected chi connectivity index (χ0v) is 13.1. The topological polar surface area (TPSA) is 0 Å². The molecule has 0 saturated carbocycles. The van der Waals surface area contributed by atoms with Crippen molar-refractivity contribution in [2.24, 2.45) is 0 Å². The van der Waals surface area contributed by atoms with Gasteiger partial charge in [0.2, 0.25) is 0 Å². The van der Waals surface area contributed by atoms with E-state index in [9.17, 15) is 0 Å². The van der Waals surface area contributed by atoms with Crippen LogP contribution >= 0.6 is 15.9 Å². The standard InChI is InChI=1S/C18H19Br/c1-4-18(5-2,15-12-10-14(3)11-13-15)16-8-6-7-9-17(16)19/h4,6-13H,1,5H2,2-3H3/t18-/m0/s1. The Labute approximate surface area is 124 Å². The Morgan fingerprint density at radius 1 is 1.11 bits per heavy atom. The van der Waals surface area contributed by atoms with Gasteiger partial charge < -0.3 is 0 Å². The SMILES string of the molecule is C=C[C@](CC)(c1ccc(C)cc1)c1ccccc1Br. The molecule has 0 spiro atoms. The lowest BCUT2D eigenvalue weighted by Gasteiger charge is -2.32. The first kappa shape index (κ1) is 14.1. The van der Waals surface area contributed by atoms with Gasteiger partial charge >= 0.3 is 0 Å². The molecule has 0 bridgehead atoms. The summed E-state index contributed by atoms with van der Waals surface area (Å²) in [6.07, 6.45) is 3.06. The molecule has 0 amide bonds. The van der Waals surface area contributed by atoms with Crippen molar-refractivity contribution >= 4 is 15.9 Å². The number of rotatable bonds is 4. The molecule has 19 heavy (non-hydrogen) atoms. The van der Waals surface area contributed by atoms with Gasteiger partial charge in [-0.2, -0.15) is 0 Å². The van der Waals surface area contributed by atoms with Crippen LogP contribution in [-0.2, 0) is 5.41 Å². The predicted octanol–water partition coefficient (Wildman–Crippen LogP) is 5.64. The van der Waals surface area contributed by atoms with Crippen molar-refractivity contribution in [3.8, 4) is 0 Å². The largest absolute Gasteiger partial charge is 0.102 e. The zero-order valence-electron chi connectivity index (χ0n) is 11.5. The van der Waals surface area contributed by atoms with Crippen molar-refractivity contribution < 1.29 is 0 Å². The number of hydrogen-bond acceptors (Lipinski definition) is 0. The quantitative estimate of drug-likeness (QED) is 0.641. The highest BCUT2D eigenvalue weighted by Crippen LogP contribution is 2.40. The summed E-state index contributed by atoms with van der Waals surface area (Å²) in [5, 5.41) is 0. The van der Waals surface area contributed by atoms with Crippen molar-refractivity contribution in [3.05, 3.63) is 82.3 Å². The monoisotopic (exact) mass is 314 g/mol. The maximum Gasteiger partial charge on any atom is 0.0387 e. The molecule has 0 aliphatic carbocycles. The second kappa shape index (κ2) is 5.75. The van der Waals surface area contributed by atoms with Crippen LogP contribution in [0.5, 0.6) is 0 Å². The Bertz CT molecular complexity index is 568. The van der Waals surface area contributed by atoms with Crippen molar-refractivity contribution in [1.29, 1.82) is 0 Å². The molecule has 2 aromatic rings. The molecule has 2 rings (SSSR count). The smallest absolute Gasteiger partial charge is 0.0387 e. The normalized spacial score (nSPS) is 13.8. The molecule has 1 heteroatoms. The maximum atomic E-state index is 4.10. The molecular weight excluding hydrogens is 296 g/mol. The first-order valence-corrected chi connectivity index (χ1v) is 7.39. The molecule has 0 heterocycles. The third-order valence-corrected chi connectivity index (χ3v) is 4.52. The van der Waals surface area contributed by atoms with Gasteiger partial charge in [0.1, 0.15) is 0 Å². The molecule has 0 aliphatic heterocycles. The Morgan fingerprint density at radius 2 is 1.74 bits per heavy atom. The number of aryl methyl sites for hydroxylation is 1. The van der Waals surface area contributed by atoms with Gasteiger partial charge in [-0.05, 0) is 30.5 Å². The van der Waals surface area contributed by atoms with Gasteiger partial charge in [-0.15, -0.1) is 6.58 Å². The lowest BCUT2D eigenvalue weighted by atomic mass is 9.72. The zero-order chi connectivity index (χ0) is 13.9. The molecule has 1 atom stereocenters. The van der Waals surface area contributed by atoms with E-state index < -0.39 is 0 Å². The van der Waals surface area contributed by atoms with Crippen molar-refractivity contribution in [3.63, 3.8) is 0 Å². The molecule has 0 N–H and O–H groups in total. The van der Waals surface area contributed by atoms with Crippen LogP contribution < -0.4 is 0 Å². The average molecular weight is 315 g/mol. The summed E-state index contributed by atoms with van der Waals surface area (Å²) < 4.78 is 1.14. The van der Waals surface area contributed by atoms with Crippen LogP contribution in [0, 0.1) is 6.92 Å². The van der Waals surface area contributed by atoms with E-state index in [0.29, 0.717) is 0 Å². The highest BCUT2D eigenvalue weighted by molar-refractivity contribution is 9.10. The lowest BCUT2D eigenvalue weighted by Crippen LogP contribution is -2.24. The molecule has 0 aromatic heterocycles. The van der Waals surface area contributed by atoms with Crippen LogP contribution in [0.25, 0.3) is 0 Å². The fourth-order valence-corrected chi connectivity index (χ4v) is 3.23. The molecule has 2 aromatic carbocycles. The summed E-state index contributed by atoms with van der Waals surface area (Å²) in [5.41, 5.74) is 3.72. The summed E-state index contributed by atoms with van der Waals surface area (Å²) in [6, 6.07) is 17.2. The van der Waals surface area contributed by atoms with Crippen molar-refractivity contribution in [1.82, 2.24) is 0 Å². The van der Waals surface area contributed by atoms with Gasteiger partial charge in [-0.3, -0.25) is 0 Å². The van der Waals surface area contributed by atoms with E-state index in [1.807, 2.05) is 6.07 Å². The van der Waals surface area contributed by atoms with Gasteiger partial charge in [0, 0.05) is 9.89 Å². The number of benzene rings is 2. The number of allylic oxidation sites excluding steroid dienone is 1. The van der Waals surface area contributed by atoms with Gasteiger partial charge in [-0.1, -0.05) is 77.0 Å². The van der Waals surface area contributed by atoms with Crippen molar-refractivity contribution in [2.75, 3.05) is 0 Å². The Hall–Kier alpha value is -1.34. The van der Waals surface area contributed by atoms with Crippen LogP contribution in [0.15, 0.2) is 65.7 Å². The second-order valence-electron chi connectivity index (χ2n) is 4.87. The second-order valence-corrected chi connectivity index (χ2v) is 5.73. The highest BCUT2D eigenvalue weighted by atomic mass is 79.9. The fourth-order valence-electron chi connectivity index (χ4n) is 2.60. The van der Waals surface area contributed by atoms with Gasteiger partial charge in [0.15, 0.2) is 0 Å². The first-order valence-electron chi connectivity index (χ1n) is 6.60. The Balaban J connectivity index is 2.64. The number of hydrogen-bond donors (Lipinski definition) is 0. The average Bonchev–Trinajstić information content (AvgIpc) is 2.44. The summed E-state index contributed by atoms with van der Waals surface area (Å²) in [7, 11) is 0. The molecular formula is C18H19Br. The third kappa shape index (κ3) is 2.52. The van der Waals surface area contributed by atoms with E-state index in [1.165, 1.54) is 16.7 Å². The van der Waals surface area contributed by atoms with Gasteiger partial charge in [0.05, 0.1) is 0 Å². The van der Waals surface area contributed by atoms with E-state index in [4.69, 9.17) is 0 Å². The predicted molar refractivity (Wildman–Crippen MR) is 86.6 cm³/mol. The third-order valence-electron chi connectivity index (χ3n) is 3.83. The van der Waals surface area contributed by atoms with Crippen LogP contribution in [0.2, 0.25) is 0 Å². The summed E-state index contributed by atoms with van der Waals surface area (Å²) in [4.78, 5) is 0. The summed E-state index contributed by atoms with van der Waals surface area (Å²) in [5.74, 6) is 0. The molecule has 0 nitrogen and oxygen atoms in total. The molecule has 0 radical (unpaired) electrons. The van der Waals surface area contributed by atoms with Gasteiger partial charge in [0.25, 0.3) is 0 Å². The Morgan fingerprint density at radius 3 is 2.26 bits per heavy atom. The number of halogens is 1. The van der Waals surface area contributed by atoms with E-state index in [1.54, 1.807) is 0 Å². The van der Waals surface area contributed by atoms with Crippen LogP contribution in [0.4, 0.5) is 0 Å². The van der Waals surface area contributed by atoms with Crippen LogP contribution in [0.3, 0.4) is 0 Å². The first-order chi connectivity index (χ1) is 9.14. The lowest BCUT2D eigenvalue weighted by molar-refractivity contribution is 0.616. The van der Waals surface area contributed by atoms with E-state index in [-0.39, 0.29) is 5.41 Å². The van der Waals surface area contributed by atoms with Crippen LogP contribution in [-0.4, -0.2) is 0 Å². The highest BCUT2D eigenvalue weighted by Gasteiger charge is 2.30. The molecule has 0 saturated heterocycles. The van der Waals surface area contributed by atoms with Gasteiger partial charge in [-0.25, -0.2) is 0 Å². The fraction of sp³-hybridized carbons (Fsp3) is 0.222. The van der Waals surface area contributed by atoms with Crippen molar-refractivity contribution in [2.45, 2.75) is 25.7 Å². The minimum absolute atomic E-state index is 0.131. The molecule has 0 unspecified atom stereocenters. The van der Waals surface area contributed by atoms with E-state index in [0.717, 1.165) is 10.9 Å². The molecule has 98 valence electrons. The minimum Gasteiger partial charge on any atom is -0.102 e. The van der Waals surface area contributed by atoms with Crippen LogP contribution in [0.1, 0.15) is 30.0 Å². The maximum absolute atomic E-state index is 4.10. The summed E-state index contributed by atoms with van der Waals surface area (Å²) >= 11 is 3.68. The Kier molecular flexibility index (Phi) is 4.26. The molecule has 0 aliphatic rings. The van der Waals surface area contributed by atoms with E-state index >= 15 is 0 Å².